The third-order valence-corrected chi connectivity index (χ3v) is 4.34. The quantitative estimate of drug-likeness (QED) is 0.778. The minimum Gasteiger partial charge on any atom is -0.484 e. The highest BCUT2D eigenvalue weighted by Gasteiger charge is 2.30. The molecule has 0 atom stereocenters. The number of benzene rings is 2. The molecule has 2 aromatic carbocycles. The van der Waals surface area contributed by atoms with Gasteiger partial charge in [0, 0.05) is 0 Å². The van der Waals surface area contributed by atoms with Crippen LogP contribution in [0.4, 0.5) is 0 Å². The molecule has 0 bridgehead atoms. The van der Waals surface area contributed by atoms with Gasteiger partial charge < -0.3 is 15.2 Å². The highest BCUT2D eigenvalue weighted by molar-refractivity contribution is 5.84. The Balaban J connectivity index is 1.99. The number of carboxylic acids is 1. The van der Waals surface area contributed by atoms with Gasteiger partial charge in [-0.2, -0.15) is 0 Å². The zero-order chi connectivity index (χ0) is 17.6. The summed E-state index contributed by atoms with van der Waals surface area (Å²) in [5.74, 6) is -0.622. The third-order valence-electron chi connectivity index (χ3n) is 4.34. The first-order chi connectivity index (χ1) is 11.5. The van der Waals surface area contributed by atoms with Crippen LogP contribution in [0.1, 0.15) is 33.1 Å². The van der Waals surface area contributed by atoms with Crippen molar-refractivity contribution in [3.8, 4) is 5.75 Å². The summed E-state index contributed by atoms with van der Waals surface area (Å²) in [7, 11) is 0. The van der Waals surface area contributed by atoms with Gasteiger partial charge in [0.1, 0.15) is 5.75 Å². The van der Waals surface area contributed by atoms with E-state index in [1.807, 2.05) is 56.3 Å². The number of carbonyl (C=O) groups excluding carboxylic acids is 1. The summed E-state index contributed by atoms with van der Waals surface area (Å²) < 4.78 is 5.56. The second-order valence-corrected chi connectivity index (χ2v) is 5.90. The maximum Gasteiger partial charge on any atom is 0.305 e. The molecule has 2 aromatic rings. The number of nitrogens with one attached hydrogen (secondary N) is 1. The summed E-state index contributed by atoms with van der Waals surface area (Å²) in [5, 5.41) is 14.0. The van der Waals surface area contributed by atoms with E-state index in [2.05, 4.69) is 5.32 Å². The van der Waals surface area contributed by atoms with E-state index in [4.69, 9.17) is 9.84 Å². The van der Waals surface area contributed by atoms with E-state index in [0.29, 0.717) is 18.6 Å². The molecule has 0 fully saturated rings. The minimum absolute atomic E-state index is 0.0955. The largest absolute Gasteiger partial charge is 0.484 e. The predicted octanol–water partition coefficient (Wildman–Crippen LogP) is 3.37. The van der Waals surface area contributed by atoms with E-state index in [1.54, 1.807) is 0 Å². The first-order valence-electron chi connectivity index (χ1n) is 8.12. The summed E-state index contributed by atoms with van der Waals surface area (Å²) >= 11 is 0. The monoisotopic (exact) mass is 329 g/mol. The average Bonchev–Trinajstić information content (AvgIpc) is 2.58. The fourth-order valence-electron chi connectivity index (χ4n) is 2.75. The van der Waals surface area contributed by atoms with Crippen molar-refractivity contribution >= 4 is 22.6 Å². The van der Waals surface area contributed by atoms with Crippen molar-refractivity contribution in [2.75, 3.05) is 6.61 Å². The van der Waals surface area contributed by atoms with Crippen molar-refractivity contribution in [1.29, 1.82) is 0 Å². The standard InChI is InChI=1S/C19H23NO4/c1-3-19(4-2,12-18(22)23)20-17(21)13-24-16-10-9-14-7-5-6-8-15(14)11-16/h5-11H,3-4,12-13H2,1-2H3,(H,20,21)(H,22,23). The number of aliphatic carboxylic acids is 1. The Morgan fingerprint density at radius 1 is 1.08 bits per heavy atom. The molecular formula is C19H23NO4. The lowest BCUT2D eigenvalue weighted by Gasteiger charge is -2.31. The summed E-state index contributed by atoms with van der Waals surface area (Å²) in [6.45, 7) is 3.60. The molecule has 0 radical (unpaired) electrons. The van der Waals surface area contributed by atoms with Gasteiger partial charge in [0.2, 0.25) is 0 Å². The summed E-state index contributed by atoms with van der Waals surface area (Å²) in [6, 6.07) is 13.5. The van der Waals surface area contributed by atoms with Crippen LogP contribution in [-0.2, 0) is 9.59 Å². The van der Waals surface area contributed by atoms with Gasteiger partial charge in [0.05, 0.1) is 12.0 Å². The van der Waals surface area contributed by atoms with Crippen molar-refractivity contribution < 1.29 is 19.4 Å². The Hall–Kier alpha value is -2.56. The van der Waals surface area contributed by atoms with Crippen LogP contribution in [0, 0.1) is 0 Å². The number of fused-ring (bicyclic) bond motifs is 1. The van der Waals surface area contributed by atoms with Crippen LogP contribution < -0.4 is 10.1 Å². The molecule has 0 spiro atoms. The van der Waals surface area contributed by atoms with Crippen LogP contribution in [0.3, 0.4) is 0 Å². The molecule has 1 amide bonds. The number of rotatable bonds is 8. The van der Waals surface area contributed by atoms with Gasteiger partial charge in [-0.15, -0.1) is 0 Å². The van der Waals surface area contributed by atoms with E-state index in [1.165, 1.54) is 0 Å². The Kier molecular flexibility index (Phi) is 5.79. The molecule has 0 heterocycles. The van der Waals surface area contributed by atoms with Crippen LogP contribution in [0.25, 0.3) is 10.8 Å². The lowest BCUT2D eigenvalue weighted by atomic mass is 9.89. The number of carbonyl (C=O) groups is 2. The number of amides is 1. The molecule has 0 saturated carbocycles. The highest BCUT2D eigenvalue weighted by Crippen LogP contribution is 2.22. The molecule has 5 heteroatoms. The fraction of sp³-hybridized carbons (Fsp3) is 0.368. The lowest BCUT2D eigenvalue weighted by Crippen LogP contribution is -2.50. The molecule has 0 aliphatic rings. The second kappa shape index (κ2) is 7.81. The molecule has 24 heavy (non-hydrogen) atoms. The van der Waals surface area contributed by atoms with Gasteiger partial charge in [0.25, 0.3) is 5.91 Å². The van der Waals surface area contributed by atoms with E-state index in [-0.39, 0.29) is 18.9 Å². The zero-order valence-corrected chi connectivity index (χ0v) is 14.0. The van der Waals surface area contributed by atoms with E-state index in [9.17, 15) is 9.59 Å². The van der Waals surface area contributed by atoms with E-state index >= 15 is 0 Å². The Morgan fingerprint density at radius 2 is 1.75 bits per heavy atom. The maximum atomic E-state index is 12.2. The SMILES string of the molecule is CCC(CC)(CC(=O)O)NC(=O)COc1ccc2ccccc2c1. The fourth-order valence-corrected chi connectivity index (χ4v) is 2.75. The van der Waals surface area contributed by atoms with Crippen molar-refractivity contribution in [2.45, 2.75) is 38.6 Å². The van der Waals surface area contributed by atoms with Gasteiger partial charge in [-0.05, 0) is 35.7 Å². The molecule has 2 rings (SSSR count). The average molecular weight is 329 g/mol. The number of carboxylic acid groups (broad SMARTS) is 1. The number of hydrogen-bond donors (Lipinski definition) is 2. The molecule has 0 saturated heterocycles. The zero-order valence-electron chi connectivity index (χ0n) is 14.0. The highest BCUT2D eigenvalue weighted by atomic mass is 16.5. The third kappa shape index (κ3) is 4.47. The molecule has 2 N–H and O–H groups in total. The maximum absolute atomic E-state index is 12.2. The first-order valence-corrected chi connectivity index (χ1v) is 8.12. The van der Waals surface area contributed by atoms with Gasteiger partial charge >= 0.3 is 5.97 Å². The molecule has 0 aliphatic heterocycles. The van der Waals surface area contributed by atoms with Crippen molar-refractivity contribution in [1.82, 2.24) is 5.32 Å². The minimum atomic E-state index is -0.922. The van der Waals surface area contributed by atoms with Crippen LogP contribution in [0.15, 0.2) is 42.5 Å². The number of hydrogen-bond acceptors (Lipinski definition) is 3. The Bertz CT molecular complexity index is 722. The first kappa shape index (κ1) is 17.8. The predicted molar refractivity (Wildman–Crippen MR) is 93.2 cm³/mol. The molecule has 0 unspecified atom stereocenters. The van der Waals surface area contributed by atoms with E-state index < -0.39 is 11.5 Å². The molecule has 0 aliphatic carbocycles. The Labute approximate surface area is 141 Å². The molecule has 0 aromatic heterocycles. The van der Waals surface area contributed by atoms with Crippen molar-refractivity contribution in [2.24, 2.45) is 0 Å². The van der Waals surface area contributed by atoms with Crippen LogP contribution in [0.5, 0.6) is 5.75 Å². The molecule has 128 valence electrons. The molecule has 5 nitrogen and oxygen atoms in total. The van der Waals surface area contributed by atoms with Gasteiger partial charge in [-0.25, -0.2) is 0 Å². The summed E-state index contributed by atoms with van der Waals surface area (Å²) in [6.07, 6.45) is 1.01. The van der Waals surface area contributed by atoms with Gasteiger partial charge in [0.15, 0.2) is 6.61 Å². The lowest BCUT2D eigenvalue weighted by molar-refractivity contribution is -0.139. The van der Waals surface area contributed by atoms with Crippen molar-refractivity contribution in [3.05, 3.63) is 42.5 Å². The normalized spacial score (nSPS) is 11.2. The van der Waals surface area contributed by atoms with Crippen LogP contribution in [0.2, 0.25) is 0 Å². The van der Waals surface area contributed by atoms with Gasteiger partial charge in [-0.1, -0.05) is 44.2 Å². The smallest absolute Gasteiger partial charge is 0.305 e. The summed E-state index contributed by atoms with van der Waals surface area (Å²) in [5.41, 5.74) is -0.727. The molecular weight excluding hydrogens is 306 g/mol. The van der Waals surface area contributed by atoms with Crippen LogP contribution in [-0.4, -0.2) is 29.1 Å². The summed E-state index contributed by atoms with van der Waals surface area (Å²) in [4.78, 5) is 23.2. The topological polar surface area (TPSA) is 75.6 Å². The van der Waals surface area contributed by atoms with Crippen LogP contribution >= 0.6 is 0 Å². The number of ether oxygens (including phenoxy) is 1. The van der Waals surface area contributed by atoms with Gasteiger partial charge in [-0.3, -0.25) is 9.59 Å². The van der Waals surface area contributed by atoms with Crippen molar-refractivity contribution in [3.63, 3.8) is 0 Å². The van der Waals surface area contributed by atoms with E-state index in [0.717, 1.165) is 10.8 Å². The second-order valence-electron chi connectivity index (χ2n) is 5.90. The Morgan fingerprint density at radius 3 is 2.38 bits per heavy atom.